The second-order valence-corrected chi connectivity index (χ2v) is 5.27. The second-order valence-electron chi connectivity index (χ2n) is 4.86. The summed E-state index contributed by atoms with van der Waals surface area (Å²) < 4.78 is 37.8. The molecule has 0 radical (unpaired) electrons. The van der Waals surface area contributed by atoms with Crippen LogP contribution in [0.25, 0.3) is 0 Å². The summed E-state index contributed by atoms with van der Waals surface area (Å²) >= 11 is 6.05. The second kappa shape index (κ2) is 5.21. The molecule has 1 fully saturated rings. The van der Waals surface area contributed by atoms with E-state index >= 15 is 0 Å². The van der Waals surface area contributed by atoms with E-state index in [4.69, 9.17) is 11.6 Å². The molecule has 0 spiro atoms. The lowest BCUT2D eigenvalue weighted by Gasteiger charge is -2.27. The molecular weight excluding hydrogens is 279 g/mol. The van der Waals surface area contributed by atoms with Gasteiger partial charge in [0.05, 0.1) is 16.8 Å². The number of nitrogens with zero attached hydrogens (tertiary/aromatic N) is 1. The fraction of sp³-hybridized carbons (Fsp3) is 0.538. The molecule has 0 unspecified atom stereocenters. The number of aliphatic hydroxyl groups excluding tert-OH is 1. The van der Waals surface area contributed by atoms with Crippen LogP contribution in [0.5, 0.6) is 0 Å². The molecule has 1 atom stereocenters. The molecule has 1 aromatic carbocycles. The monoisotopic (exact) mass is 293 g/mol. The highest BCUT2D eigenvalue weighted by Crippen LogP contribution is 2.38. The third kappa shape index (κ3) is 3.76. The summed E-state index contributed by atoms with van der Waals surface area (Å²) in [5.74, 6) is 0. The molecule has 19 heavy (non-hydrogen) atoms. The van der Waals surface area contributed by atoms with Gasteiger partial charge in [0.1, 0.15) is 6.54 Å². The Bertz CT molecular complexity index is 458. The Morgan fingerprint density at radius 2 is 2.05 bits per heavy atom. The van der Waals surface area contributed by atoms with E-state index in [-0.39, 0.29) is 11.1 Å². The lowest BCUT2D eigenvalue weighted by Crippen LogP contribution is -2.36. The van der Waals surface area contributed by atoms with Crippen LogP contribution in [0.1, 0.15) is 31.4 Å². The number of rotatable bonds is 4. The van der Waals surface area contributed by atoms with Crippen molar-refractivity contribution in [1.82, 2.24) is 0 Å². The average molecular weight is 294 g/mol. The highest BCUT2D eigenvalue weighted by Gasteiger charge is 2.38. The Labute approximate surface area is 114 Å². The number of alkyl halides is 3. The van der Waals surface area contributed by atoms with Crippen LogP contribution in [0.3, 0.4) is 0 Å². The Morgan fingerprint density at radius 3 is 2.47 bits per heavy atom. The van der Waals surface area contributed by atoms with Crippen LogP contribution in [-0.2, 0) is 0 Å². The maximum atomic E-state index is 12.6. The zero-order valence-electron chi connectivity index (χ0n) is 10.4. The standard InChI is InChI=1S/C13H15ClF3NO/c1-8(19)9-2-5-12(11(14)6-9)18(10-3-4-10)7-13(15,16)17/h2,5-6,8,10,19H,3-4,7H2,1H3/t8-/m0/s1. The van der Waals surface area contributed by atoms with E-state index in [1.54, 1.807) is 19.1 Å². The number of hydrogen-bond acceptors (Lipinski definition) is 2. The Hall–Kier alpha value is -0.940. The Kier molecular flexibility index (Phi) is 3.97. The van der Waals surface area contributed by atoms with Gasteiger partial charge >= 0.3 is 6.18 Å². The van der Waals surface area contributed by atoms with Crippen molar-refractivity contribution in [3.63, 3.8) is 0 Å². The molecular formula is C13H15ClF3NO. The van der Waals surface area contributed by atoms with Crippen molar-refractivity contribution in [2.24, 2.45) is 0 Å². The summed E-state index contributed by atoms with van der Waals surface area (Å²) in [6.07, 6.45) is -3.44. The van der Waals surface area contributed by atoms with Gasteiger partial charge in [-0.05, 0) is 37.5 Å². The van der Waals surface area contributed by atoms with Gasteiger partial charge in [-0.3, -0.25) is 0 Å². The van der Waals surface area contributed by atoms with Crippen molar-refractivity contribution in [1.29, 1.82) is 0 Å². The third-order valence-electron chi connectivity index (χ3n) is 3.10. The van der Waals surface area contributed by atoms with Crippen molar-refractivity contribution in [2.75, 3.05) is 11.4 Å². The molecule has 1 aromatic rings. The fourth-order valence-corrected chi connectivity index (χ4v) is 2.30. The molecule has 2 nitrogen and oxygen atoms in total. The lowest BCUT2D eigenvalue weighted by molar-refractivity contribution is -0.120. The van der Waals surface area contributed by atoms with E-state index in [0.29, 0.717) is 11.3 Å². The summed E-state index contributed by atoms with van der Waals surface area (Å²) in [5, 5.41) is 9.68. The highest BCUT2D eigenvalue weighted by atomic mass is 35.5. The minimum absolute atomic E-state index is 0.0866. The van der Waals surface area contributed by atoms with Crippen molar-refractivity contribution in [2.45, 2.75) is 38.1 Å². The first-order chi connectivity index (χ1) is 8.78. The number of halogens is 4. The zero-order valence-corrected chi connectivity index (χ0v) is 11.2. The highest BCUT2D eigenvalue weighted by molar-refractivity contribution is 6.33. The van der Waals surface area contributed by atoms with Crippen molar-refractivity contribution in [3.8, 4) is 0 Å². The van der Waals surface area contributed by atoms with Crippen LogP contribution in [0, 0.1) is 0 Å². The molecule has 0 saturated heterocycles. The fourth-order valence-electron chi connectivity index (χ4n) is 2.01. The number of benzene rings is 1. The van der Waals surface area contributed by atoms with Gasteiger partial charge in [-0.1, -0.05) is 17.7 Å². The number of hydrogen-bond donors (Lipinski definition) is 1. The molecule has 106 valence electrons. The van der Waals surface area contributed by atoms with Gasteiger partial charge in [-0.25, -0.2) is 0 Å². The summed E-state index contributed by atoms with van der Waals surface area (Å²) in [7, 11) is 0. The summed E-state index contributed by atoms with van der Waals surface area (Å²) in [4.78, 5) is 1.30. The average Bonchev–Trinajstić information content (AvgIpc) is 3.08. The van der Waals surface area contributed by atoms with E-state index in [0.717, 1.165) is 12.8 Å². The molecule has 6 heteroatoms. The minimum Gasteiger partial charge on any atom is -0.389 e. The van der Waals surface area contributed by atoms with E-state index in [2.05, 4.69) is 0 Å². The van der Waals surface area contributed by atoms with Crippen LogP contribution in [0.4, 0.5) is 18.9 Å². The molecule has 0 amide bonds. The van der Waals surface area contributed by atoms with Gasteiger partial charge in [0.15, 0.2) is 0 Å². The molecule has 1 aliphatic rings. The number of anilines is 1. The van der Waals surface area contributed by atoms with Gasteiger partial charge in [0.2, 0.25) is 0 Å². The van der Waals surface area contributed by atoms with Crippen molar-refractivity contribution >= 4 is 17.3 Å². The van der Waals surface area contributed by atoms with E-state index in [1.165, 1.54) is 11.0 Å². The molecule has 0 heterocycles. The smallest absolute Gasteiger partial charge is 0.389 e. The van der Waals surface area contributed by atoms with Crippen LogP contribution in [-0.4, -0.2) is 23.9 Å². The Balaban J connectivity index is 2.27. The third-order valence-corrected chi connectivity index (χ3v) is 3.40. The van der Waals surface area contributed by atoms with Gasteiger partial charge in [-0.15, -0.1) is 0 Å². The first-order valence-electron chi connectivity index (χ1n) is 6.09. The largest absolute Gasteiger partial charge is 0.405 e. The molecule has 0 aliphatic heterocycles. The van der Waals surface area contributed by atoms with Crippen molar-refractivity contribution < 1.29 is 18.3 Å². The van der Waals surface area contributed by atoms with Gasteiger partial charge < -0.3 is 10.0 Å². The van der Waals surface area contributed by atoms with Crippen LogP contribution < -0.4 is 4.90 Å². The summed E-state index contributed by atoms with van der Waals surface area (Å²) in [5.41, 5.74) is 0.974. The van der Waals surface area contributed by atoms with E-state index in [1.807, 2.05) is 0 Å². The molecule has 0 aromatic heterocycles. The van der Waals surface area contributed by atoms with E-state index < -0.39 is 18.8 Å². The van der Waals surface area contributed by atoms with Gasteiger partial charge in [-0.2, -0.15) is 13.2 Å². The Morgan fingerprint density at radius 1 is 1.42 bits per heavy atom. The summed E-state index contributed by atoms with van der Waals surface area (Å²) in [6.45, 7) is 0.588. The lowest BCUT2D eigenvalue weighted by atomic mass is 10.1. The first-order valence-corrected chi connectivity index (χ1v) is 6.46. The molecule has 1 saturated carbocycles. The topological polar surface area (TPSA) is 23.5 Å². The normalized spacial score (nSPS) is 17.4. The van der Waals surface area contributed by atoms with Gasteiger partial charge in [0, 0.05) is 6.04 Å². The predicted octanol–water partition coefficient (Wildman–Crippen LogP) is 3.92. The molecule has 1 aliphatic carbocycles. The molecule has 1 N–H and O–H groups in total. The maximum Gasteiger partial charge on any atom is 0.405 e. The summed E-state index contributed by atoms with van der Waals surface area (Å²) in [6, 6.07) is 4.59. The molecule has 0 bridgehead atoms. The van der Waals surface area contributed by atoms with Crippen LogP contribution in [0.15, 0.2) is 18.2 Å². The number of aliphatic hydroxyl groups is 1. The zero-order chi connectivity index (χ0) is 14.2. The molecule has 2 rings (SSSR count). The van der Waals surface area contributed by atoms with E-state index in [9.17, 15) is 18.3 Å². The minimum atomic E-state index is -4.26. The SMILES string of the molecule is C[C@H](O)c1ccc(N(CC(F)(F)F)C2CC2)c(Cl)c1. The van der Waals surface area contributed by atoms with Crippen LogP contribution >= 0.6 is 11.6 Å². The van der Waals surface area contributed by atoms with Crippen molar-refractivity contribution in [3.05, 3.63) is 28.8 Å². The predicted molar refractivity (Wildman–Crippen MR) is 68.5 cm³/mol. The van der Waals surface area contributed by atoms with Crippen LogP contribution in [0.2, 0.25) is 5.02 Å². The van der Waals surface area contributed by atoms with Gasteiger partial charge in [0.25, 0.3) is 0 Å². The quantitative estimate of drug-likeness (QED) is 0.909. The maximum absolute atomic E-state index is 12.6. The first kappa shape index (κ1) is 14.5.